The van der Waals surface area contributed by atoms with Gasteiger partial charge >= 0.3 is 5.97 Å². The lowest BCUT2D eigenvalue weighted by molar-refractivity contribution is -0.118. The summed E-state index contributed by atoms with van der Waals surface area (Å²) in [5, 5.41) is 11.7. The van der Waals surface area contributed by atoms with Gasteiger partial charge in [-0.2, -0.15) is 0 Å². The zero-order valence-electron chi connectivity index (χ0n) is 8.93. The molecule has 0 aliphatic heterocycles. The maximum atomic E-state index is 10.6. The fraction of sp³-hybridized carbons (Fsp3) is 0.273. The highest BCUT2D eigenvalue weighted by atomic mass is 16.4. The molecule has 1 aromatic carbocycles. The molecule has 1 aromatic rings. The molecule has 1 rings (SSSR count). The smallest absolute Gasteiger partial charge is 0.335 e. The molecule has 1 unspecified atom stereocenters. The molecule has 0 spiro atoms. The predicted octanol–water partition coefficient (Wildman–Crippen LogP) is 1.06. The van der Waals surface area contributed by atoms with Crippen molar-refractivity contribution in [2.45, 2.75) is 19.4 Å². The van der Waals surface area contributed by atoms with Gasteiger partial charge in [0.15, 0.2) is 0 Å². The summed E-state index contributed by atoms with van der Waals surface area (Å²) in [6.07, 6.45) is 0.237. The number of rotatable bonds is 5. The van der Waals surface area contributed by atoms with E-state index in [4.69, 9.17) is 10.8 Å². The van der Waals surface area contributed by atoms with Crippen molar-refractivity contribution < 1.29 is 14.7 Å². The SMILES string of the molecule is CC(CC(N)=O)Nc1ccc(C(=O)O)cc1. The van der Waals surface area contributed by atoms with Crippen LogP contribution in [0.15, 0.2) is 24.3 Å². The van der Waals surface area contributed by atoms with E-state index in [0.717, 1.165) is 5.69 Å². The first kappa shape index (κ1) is 12.0. The summed E-state index contributed by atoms with van der Waals surface area (Å²) in [5.74, 6) is -1.33. The summed E-state index contributed by atoms with van der Waals surface area (Å²) in [6.45, 7) is 1.83. The number of benzene rings is 1. The van der Waals surface area contributed by atoms with Gasteiger partial charge in [-0.25, -0.2) is 4.79 Å². The number of primary amides is 1. The summed E-state index contributed by atoms with van der Waals surface area (Å²) in [7, 11) is 0. The van der Waals surface area contributed by atoms with E-state index in [1.165, 1.54) is 12.1 Å². The fourth-order valence-corrected chi connectivity index (χ4v) is 1.35. The summed E-state index contributed by atoms with van der Waals surface area (Å²) in [6, 6.07) is 6.23. The van der Waals surface area contributed by atoms with Crippen LogP contribution in [0.2, 0.25) is 0 Å². The number of hydrogen-bond acceptors (Lipinski definition) is 3. The third-order valence-electron chi connectivity index (χ3n) is 2.05. The molecule has 86 valence electrons. The average Bonchev–Trinajstić information content (AvgIpc) is 2.16. The number of nitrogens with one attached hydrogen (secondary N) is 1. The molecule has 0 saturated heterocycles. The van der Waals surface area contributed by atoms with Gasteiger partial charge < -0.3 is 16.2 Å². The molecule has 0 aromatic heterocycles. The zero-order chi connectivity index (χ0) is 12.1. The minimum atomic E-state index is -0.961. The van der Waals surface area contributed by atoms with Crippen LogP contribution in [0.3, 0.4) is 0 Å². The average molecular weight is 222 g/mol. The van der Waals surface area contributed by atoms with Crippen LogP contribution in [-0.2, 0) is 4.79 Å². The normalized spacial score (nSPS) is 11.8. The Morgan fingerprint density at radius 2 is 1.94 bits per heavy atom. The van der Waals surface area contributed by atoms with Gasteiger partial charge in [-0.3, -0.25) is 4.79 Å². The van der Waals surface area contributed by atoms with Crippen molar-refractivity contribution in [2.75, 3.05) is 5.32 Å². The van der Waals surface area contributed by atoms with Crippen LogP contribution in [0.4, 0.5) is 5.69 Å². The molecule has 0 saturated carbocycles. The highest BCUT2D eigenvalue weighted by Gasteiger charge is 2.06. The first-order chi connectivity index (χ1) is 7.49. The molecule has 1 atom stereocenters. The molecule has 0 aliphatic rings. The van der Waals surface area contributed by atoms with E-state index in [1.54, 1.807) is 12.1 Å². The van der Waals surface area contributed by atoms with Crippen LogP contribution in [0, 0.1) is 0 Å². The van der Waals surface area contributed by atoms with E-state index in [-0.39, 0.29) is 23.9 Å². The third kappa shape index (κ3) is 3.61. The van der Waals surface area contributed by atoms with E-state index in [9.17, 15) is 9.59 Å². The monoisotopic (exact) mass is 222 g/mol. The fourth-order valence-electron chi connectivity index (χ4n) is 1.35. The van der Waals surface area contributed by atoms with E-state index >= 15 is 0 Å². The van der Waals surface area contributed by atoms with Crippen LogP contribution in [-0.4, -0.2) is 23.0 Å². The number of carbonyl (C=O) groups is 2. The molecular weight excluding hydrogens is 208 g/mol. The first-order valence-electron chi connectivity index (χ1n) is 4.87. The summed E-state index contributed by atoms with van der Waals surface area (Å²) in [4.78, 5) is 21.2. The van der Waals surface area contributed by atoms with Crippen molar-refractivity contribution in [3.63, 3.8) is 0 Å². The number of carboxylic acids is 1. The Hall–Kier alpha value is -2.04. The number of hydrogen-bond donors (Lipinski definition) is 3. The predicted molar refractivity (Wildman–Crippen MR) is 60.3 cm³/mol. The van der Waals surface area contributed by atoms with Gasteiger partial charge in [-0.1, -0.05) is 0 Å². The molecule has 5 heteroatoms. The molecular formula is C11H14N2O3. The summed E-state index contributed by atoms with van der Waals surface area (Å²) >= 11 is 0. The van der Waals surface area contributed by atoms with Gasteiger partial charge in [-0.05, 0) is 31.2 Å². The van der Waals surface area contributed by atoms with Crippen LogP contribution >= 0.6 is 0 Å². The first-order valence-corrected chi connectivity index (χ1v) is 4.87. The van der Waals surface area contributed by atoms with Gasteiger partial charge in [0.1, 0.15) is 0 Å². The van der Waals surface area contributed by atoms with E-state index < -0.39 is 5.97 Å². The van der Waals surface area contributed by atoms with Gasteiger partial charge in [0, 0.05) is 18.2 Å². The van der Waals surface area contributed by atoms with Crippen LogP contribution in [0.1, 0.15) is 23.7 Å². The highest BCUT2D eigenvalue weighted by molar-refractivity contribution is 5.88. The molecule has 16 heavy (non-hydrogen) atoms. The Kier molecular flexibility index (Phi) is 3.88. The Morgan fingerprint density at radius 1 is 1.38 bits per heavy atom. The Morgan fingerprint density at radius 3 is 2.38 bits per heavy atom. The number of aromatic carboxylic acids is 1. The van der Waals surface area contributed by atoms with Gasteiger partial charge in [-0.15, -0.1) is 0 Å². The summed E-state index contributed by atoms with van der Waals surface area (Å²) < 4.78 is 0. The van der Waals surface area contributed by atoms with Gasteiger partial charge in [0.2, 0.25) is 5.91 Å². The molecule has 0 fully saturated rings. The zero-order valence-corrected chi connectivity index (χ0v) is 8.93. The topological polar surface area (TPSA) is 92.4 Å². The number of anilines is 1. The van der Waals surface area contributed by atoms with E-state index in [1.807, 2.05) is 6.92 Å². The quantitative estimate of drug-likeness (QED) is 0.694. The Balaban J connectivity index is 2.61. The minimum Gasteiger partial charge on any atom is -0.478 e. The second kappa shape index (κ2) is 5.16. The molecule has 0 heterocycles. The van der Waals surface area contributed by atoms with Crippen molar-refractivity contribution in [3.8, 4) is 0 Å². The van der Waals surface area contributed by atoms with Crippen molar-refractivity contribution in [3.05, 3.63) is 29.8 Å². The van der Waals surface area contributed by atoms with Gasteiger partial charge in [0.25, 0.3) is 0 Å². The van der Waals surface area contributed by atoms with Crippen LogP contribution < -0.4 is 11.1 Å². The standard InChI is InChI=1S/C11H14N2O3/c1-7(6-10(12)14)13-9-4-2-8(3-5-9)11(15)16/h2-5,7,13H,6H2,1H3,(H2,12,14)(H,15,16). The van der Waals surface area contributed by atoms with Crippen molar-refractivity contribution in [1.29, 1.82) is 0 Å². The summed E-state index contributed by atoms with van der Waals surface area (Å²) in [5.41, 5.74) is 6.05. The van der Waals surface area contributed by atoms with Crippen LogP contribution in [0.5, 0.6) is 0 Å². The second-order valence-corrected chi connectivity index (χ2v) is 3.60. The molecule has 0 aliphatic carbocycles. The molecule has 1 amide bonds. The van der Waals surface area contributed by atoms with Crippen molar-refractivity contribution in [1.82, 2.24) is 0 Å². The lowest BCUT2D eigenvalue weighted by Gasteiger charge is -2.13. The second-order valence-electron chi connectivity index (χ2n) is 3.60. The van der Waals surface area contributed by atoms with Crippen molar-refractivity contribution >= 4 is 17.6 Å². The Bertz CT molecular complexity index is 387. The molecule has 0 radical (unpaired) electrons. The van der Waals surface area contributed by atoms with Gasteiger partial charge in [0.05, 0.1) is 5.56 Å². The van der Waals surface area contributed by atoms with Crippen LogP contribution in [0.25, 0.3) is 0 Å². The number of carboxylic acid groups (broad SMARTS) is 1. The molecule has 4 N–H and O–H groups in total. The maximum absolute atomic E-state index is 10.6. The Labute approximate surface area is 93.3 Å². The lowest BCUT2D eigenvalue weighted by Crippen LogP contribution is -2.23. The largest absolute Gasteiger partial charge is 0.478 e. The molecule has 0 bridgehead atoms. The highest BCUT2D eigenvalue weighted by Crippen LogP contribution is 2.11. The van der Waals surface area contributed by atoms with E-state index in [0.29, 0.717) is 0 Å². The molecule has 5 nitrogen and oxygen atoms in total. The third-order valence-corrected chi connectivity index (χ3v) is 2.05. The number of nitrogens with two attached hydrogens (primary N) is 1. The number of carbonyl (C=O) groups excluding carboxylic acids is 1. The number of amides is 1. The lowest BCUT2D eigenvalue weighted by atomic mass is 10.2. The minimum absolute atomic E-state index is 0.0758. The van der Waals surface area contributed by atoms with E-state index in [2.05, 4.69) is 5.32 Å². The van der Waals surface area contributed by atoms with Crippen molar-refractivity contribution in [2.24, 2.45) is 5.73 Å². The maximum Gasteiger partial charge on any atom is 0.335 e.